The first-order valence-corrected chi connectivity index (χ1v) is 8.55. The molecule has 124 valence electrons. The Morgan fingerprint density at radius 1 is 1.24 bits per heavy atom. The molecule has 0 radical (unpaired) electrons. The molecule has 25 heavy (non-hydrogen) atoms. The average Bonchev–Trinajstić information content (AvgIpc) is 3.07. The van der Waals surface area contributed by atoms with E-state index in [-0.39, 0.29) is 5.91 Å². The zero-order valence-electron chi connectivity index (χ0n) is 13.0. The molecule has 0 fully saturated rings. The minimum atomic E-state index is -0.291. The number of anilines is 1. The third-order valence-corrected chi connectivity index (χ3v) is 5.09. The molecule has 3 aromatic heterocycles. The number of pyridine rings is 1. The van der Waals surface area contributed by atoms with Gasteiger partial charge in [-0.25, -0.2) is 9.97 Å². The van der Waals surface area contributed by atoms with E-state index in [1.54, 1.807) is 24.8 Å². The monoisotopic (exact) mass is 370 g/mol. The number of amides is 1. The second kappa shape index (κ2) is 6.27. The minimum absolute atomic E-state index is 0.291. The Hall–Kier alpha value is -2.77. The first kappa shape index (κ1) is 15.7. The summed E-state index contributed by atoms with van der Waals surface area (Å²) in [6, 6.07) is 7.35. The molecule has 0 unspecified atom stereocenters. The molecule has 6 nitrogen and oxygen atoms in total. The van der Waals surface area contributed by atoms with Gasteiger partial charge < -0.3 is 10.1 Å². The van der Waals surface area contributed by atoms with Gasteiger partial charge in [0.05, 0.1) is 34.1 Å². The normalized spacial score (nSPS) is 11.0. The Bertz CT molecular complexity index is 1110. The topological polar surface area (TPSA) is 77.0 Å². The number of carbonyl (C=O) groups excluding carboxylic acids is 1. The van der Waals surface area contributed by atoms with Crippen LogP contribution in [0.1, 0.15) is 10.4 Å². The number of halogens is 1. The van der Waals surface area contributed by atoms with Gasteiger partial charge in [-0.3, -0.25) is 9.78 Å². The van der Waals surface area contributed by atoms with Crippen LogP contribution in [0.5, 0.6) is 5.75 Å². The van der Waals surface area contributed by atoms with E-state index < -0.39 is 0 Å². The predicted octanol–water partition coefficient (Wildman–Crippen LogP) is 4.15. The summed E-state index contributed by atoms with van der Waals surface area (Å²) in [6.45, 7) is 0. The zero-order valence-corrected chi connectivity index (χ0v) is 14.6. The summed E-state index contributed by atoms with van der Waals surface area (Å²) in [4.78, 5) is 25.2. The summed E-state index contributed by atoms with van der Waals surface area (Å²) < 4.78 is 5.99. The number of nitrogens with one attached hydrogen (secondary N) is 1. The van der Waals surface area contributed by atoms with Crippen LogP contribution in [0.4, 0.5) is 5.69 Å². The standard InChI is InChI=1S/C17H11ClN4O2S/c1-24-10-5-9-3-2-4-19-13(9)12(6-10)22-17(23)11-7-25-15-14(11)20-8-21-16(15)18/h2-8H,1H3,(H,22,23). The number of ether oxygens (including phenoxy) is 1. The lowest BCUT2D eigenvalue weighted by Gasteiger charge is -2.10. The van der Waals surface area contributed by atoms with Crippen molar-refractivity contribution in [2.45, 2.75) is 0 Å². The number of methoxy groups -OCH3 is 1. The number of hydrogen-bond acceptors (Lipinski definition) is 6. The lowest BCUT2D eigenvalue weighted by Crippen LogP contribution is -2.12. The number of fused-ring (bicyclic) bond motifs is 2. The maximum absolute atomic E-state index is 12.8. The van der Waals surface area contributed by atoms with Gasteiger partial charge in [0.1, 0.15) is 17.2 Å². The molecular formula is C17H11ClN4O2S. The second-order valence-corrected chi connectivity index (χ2v) is 6.43. The van der Waals surface area contributed by atoms with Crippen LogP contribution in [-0.2, 0) is 0 Å². The molecule has 0 saturated heterocycles. The molecule has 0 atom stereocenters. The molecule has 4 rings (SSSR count). The van der Waals surface area contributed by atoms with Crippen molar-refractivity contribution < 1.29 is 9.53 Å². The molecule has 1 aromatic carbocycles. The van der Waals surface area contributed by atoms with E-state index in [2.05, 4.69) is 20.3 Å². The fourth-order valence-electron chi connectivity index (χ4n) is 2.55. The van der Waals surface area contributed by atoms with Crippen molar-refractivity contribution in [2.75, 3.05) is 12.4 Å². The van der Waals surface area contributed by atoms with E-state index in [1.807, 2.05) is 18.2 Å². The van der Waals surface area contributed by atoms with Crippen molar-refractivity contribution in [1.29, 1.82) is 0 Å². The van der Waals surface area contributed by atoms with Crippen molar-refractivity contribution >= 4 is 55.7 Å². The van der Waals surface area contributed by atoms with Crippen LogP contribution >= 0.6 is 22.9 Å². The smallest absolute Gasteiger partial charge is 0.258 e. The summed E-state index contributed by atoms with van der Waals surface area (Å²) in [5.74, 6) is 0.345. The van der Waals surface area contributed by atoms with Crippen molar-refractivity contribution in [2.24, 2.45) is 0 Å². The number of hydrogen-bond donors (Lipinski definition) is 1. The quantitative estimate of drug-likeness (QED) is 0.548. The molecule has 0 aliphatic carbocycles. The highest BCUT2D eigenvalue weighted by Gasteiger charge is 2.17. The van der Waals surface area contributed by atoms with Gasteiger partial charge in [-0.1, -0.05) is 17.7 Å². The van der Waals surface area contributed by atoms with Gasteiger partial charge in [0.25, 0.3) is 5.91 Å². The molecule has 0 spiro atoms. The van der Waals surface area contributed by atoms with E-state index >= 15 is 0 Å². The second-order valence-electron chi connectivity index (χ2n) is 5.20. The minimum Gasteiger partial charge on any atom is -0.497 e. The first-order valence-electron chi connectivity index (χ1n) is 7.29. The number of rotatable bonds is 3. The molecule has 0 bridgehead atoms. The maximum Gasteiger partial charge on any atom is 0.258 e. The van der Waals surface area contributed by atoms with E-state index in [4.69, 9.17) is 16.3 Å². The summed E-state index contributed by atoms with van der Waals surface area (Å²) in [5, 5.41) is 5.82. The van der Waals surface area contributed by atoms with E-state index in [1.165, 1.54) is 17.7 Å². The Balaban J connectivity index is 1.78. The van der Waals surface area contributed by atoms with Crippen molar-refractivity contribution in [1.82, 2.24) is 15.0 Å². The summed E-state index contributed by atoms with van der Waals surface area (Å²) >= 11 is 7.39. The molecule has 3 heterocycles. The predicted molar refractivity (Wildman–Crippen MR) is 98.7 cm³/mol. The zero-order chi connectivity index (χ0) is 17.4. The highest BCUT2D eigenvalue weighted by Crippen LogP contribution is 2.31. The molecule has 8 heteroatoms. The number of thiophene rings is 1. The molecule has 1 amide bonds. The number of carbonyl (C=O) groups is 1. The largest absolute Gasteiger partial charge is 0.497 e. The highest BCUT2D eigenvalue weighted by molar-refractivity contribution is 7.18. The number of benzene rings is 1. The number of aromatic nitrogens is 3. The molecule has 0 aliphatic rings. The summed E-state index contributed by atoms with van der Waals surface area (Å²) in [7, 11) is 1.58. The molecular weight excluding hydrogens is 360 g/mol. The molecule has 0 aliphatic heterocycles. The Labute approximate surface area is 151 Å². The SMILES string of the molecule is COc1cc(NC(=O)c2csc3c(Cl)ncnc23)c2ncccc2c1. The van der Waals surface area contributed by atoms with Gasteiger partial charge in [-0.05, 0) is 12.1 Å². The Morgan fingerprint density at radius 2 is 2.12 bits per heavy atom. The highest BCUT2D eigenvalue weighted by atomic mass is 35.5. The van der Waals surface area contributed by atoms with Crippen LogP contribution in [0.25, 0.3) is 21.1 Å². The number of nitrogens with zero attached hydrogens (tertiary/aromatic N) is 3. The van der Waals surface area contributed by atoms with Crippen LogP contribution in [0.15, 0.2) is 42.2 Å². The van der Waals surface area contributed by atoms with Crippen LogP contribution in [0.3, 0.4) is 0 Å². The van der Waals surface area contributed by atoms with Gasteiger partial charge in [-0.15, -0.1) is 11.3 Å². The van der Waals surface area contributed by atoms with E-state index in [0.29, 0.717) is 37.9 Å². The fraction of sp³-hybridized carbons (Fsp3) is 0.0588. The van der Waals surface area contributed by atoms with Crippen LogP contribution in [0.2, 0.25) is 5.15 Å². The van der Waals surface area contributed by atoms with Crippen LogP contribution < -0.4 is 10.1 Å². The molecule has 0 saturated carbocycles. The van der Waals surface area contributed by atoms with Gasteiger partial charge in [0.2, 0.25) is 0 Å². The molecule has 1 N–H and O–H groups in total. The van der Waals surface area contributed by atoms with Gasteiger partial charge in [0.15, 0.2) is 0 Å². The lowest BCUT2D eigenvalue weighted by molar-refractivity contribution is 0.102. The van der Waals surface area contributed by atoms with E-state index in [9.17, 15) is 4.79 Å². The Morgan fingerprint density at radius 3 is 2.96 bits per heavy atom. The van der Waals surface area contributed by atoms with Crippen molar-refractivity contribution in [3.8, 4) is 5.75 Å². The Kier molecular flexibility index (Phi) is 3.95. The van der Waals surface area contributed by atoms with Crippen molar-refractivity contribution in [3.63, 3.8) is 0 Å². The summed E-state index contributed by atoms with van der Waals surface area (Å²) in [5.41, 5.74) is 2.22. The lowest BCUT2D eigenvalue weighted by atomic mass is 10.1. The average molecular weight is 371 g/mol. The maximum atomic E-state index is 12.8. The van der Waals surface area contributed by atoms with Crippen molar-refractivity contribution in [3.05, 3.63) is 52.9 Å². The van der Waals surface area contributed by atoms with Gasteiger partial charge >= 0.3 is 0 Å². The first-order chi connectivity index (χ1) is 12.2. The fourth-order valence-corrected chi connectivity index (χ4v) is 3.70. The van der Waals surface area contributed by atoms with Crippen LogP contribution in [0, 0.1) is 0 Å². The third kappa shape index (κ3) is 2.77. The van der Waals surface area contributed by atoms with Gasteiger partial charge in [-0.2, -0.15) is 0 Å². The van der Waals surface area contributed by atoms with Crippen LogP contribution in [-0.4, -0.2) is 28.0 Å². The summed E-state index contributed by atoms with van der Waals surface area (Å²) in [6.07, 6.45) is 3.02. The van der Waals surface area contributed by atoms with Gasteiger partial charge in [0, 0.05) is 23.0 Å². The molecule has 4 aromatic rings. The van der Waals surface area contributed by atoms with E-state index in [0.717, 1.165) is 5.39 Å². The third-order valence-electron chi connectivity index (χ3n) is 3.72.